The van der Waals surface area contributed by atoms with Gasteiger partial charge >= 0.3 is 0 Å². The SMILES string of the molecule is Cn1nc(CCN)nc1Cc1cccc(Br)c1. The van der Waals surface area contributed by atoms with Crippen molar-refractivity contribution in [1.82, 2.24) is 14.8 Å². The second kappa shape index (κ2) is 5.42. The molecular weight excluding hydrogens is 280 g/mol. The topological polar surface area (TPSA) is 56.7 Å². The van der Waals surface area contributed by atoms with Crippen LogP contribution in [0.3, 0.4) is 0 Å². The summed E-state index contributed by atoms with van der Waals surface area (Å²) < 4.78 is 2.91. The summed E-state index contributed by atoms with van der Waals surface area (Å²) in [6.45, 7) is 0.584. The van der Waals surface area contributed by atoms with Gasteiger partial charge in [-0.05, 0) is 24.2 Å². The summed E-state index contributed by atoms with van der Waals surface area (Å²) >= 11 is 3.46. The lowest BCUT2D eigenvalue weighted by Gasteiger charge is -2.01. The fraction of sp³-hybridized carbons (Fsp3) is 0.333. The van der Waals surface area contributed by atoms with Crippen molar-refractivity contribution in [2.24, 2.45) is 12.8 Å². The van der Waals surface area contributed by atoms with Crippen molar-refractivity contribution in [2.45, 2.75) is 12.8 Å². The minimum Gasteiger partial charge on any atom is -0.330 e. The number of hydrogen-bond donors (Lipinski definition) is 1. The molecule has 1 heterocycles. The Kier molecular flexibility index (Phi) is 3.91. The number of nitrogens with two attached hydrogens (primary N) is 1. The number of aromatic nitrogens is 3. The quantitative estimate of drug-likeness (QED) is 0.933. The molecule has 17 heavy (non-hydrogen) atoms. The molecule has 5 heteroatoms. The molecule has 0 amide bonds. The number of hydrogen-bond acceptors (Lipinski definition) is 3. The fourth-order valence-corrected chi connectivity index (χ4v) is 2.14. The minimum atomic E-state index is 0.584. The van der Waals surface area contributed by atoms with Crippen molar-refractivity contribution in [2.75, 3.05) is 6.54 Å². The molecule has 0 aliphatic carbocycles. The molecule has 2 aromatic rings. The van der Waals surface area contributed by atoms with Gasteiger partial charge in [-0.2, -0.15) is 5.10 Å². The molecule has 0 atom stereocenters. The van der Waals surface area contributed by atoms with E-state index in [1.807, 2.05) is 23.9 Å². The zero-order chi connectivity index (χ0) is 12.3. The molecule has 90 valence electrons. The van der Waals surface area contributed by atoms with E-state index in [9.17, 15) is 0 Å². The Bertz CT molecular complexity index is 507. The third-order valence-electron chi connectivity index (χ3n) is 2.52. The third kappa shape index (κ3) is 3.14. The van der Waals surface area contributed by atoms with E-state index in [1.54, 1.807) is 0 Å². The summed E-state index contributed by atoms with van der Waals surface area (Å²) in [7, 11) is 1.92. The van der Waals surface area contributed by atoms with Crippen molar-refractivity contribution in [3.05, 3.63) is 46.0 Å². The average molecular weight is 295 g/mol. The number of benzene rings is 1. The van der Waals surface area contributed by atoms with E-state index in [0.717, 1.165) is 29.0 Å². The second-order valence-electron chi connectivity index (χ2n) is 3.91. The number of rotatable bonds is 4. The zero-order valence-corrected chi connectivity index (χ0v) is 11.3. The Balaban J connectivity index is 2.18. The van der Waals surface area contributed by atoms with E-state index in [-0.39, 0.29) is 0 Å². The van der Waals surface area contributed by atoms with E-state index in [4.69, 9.17) is 5.73 Å². The largest absolute Gasteiger partial charge is 0.330 e. The normalized spacial score (nSPS) is 10.8. The van der Waals surface area contributed by atoms with Gasteiger partial charge in [0.15, 0.2) is 5.82 Å². The van der Waals surface area contributed by atoms with Crippen molar-refractivity contribution in [1.29, 1.82) is 0 Å². The molecular formula is C12H15BrN4. The fourth-order valence-electron chi connectivity index (χ4n) is 1.69. The lowest BCUT2D eigenvalue weighted by Crippen LogP contribution is -2.04. The second-order valence-corrected chi connectivity index (χ2v) is 4.83. The Morgan fingerprint density at radius 1 is 1.41 bits per heavy atom. The predicted octanol–water partition coefficient (Wildman–Crippen LogP) is 1.67. The van der Waals surface area contributed by atoms with Crippen LogP contribution in [0.2, 0.25) is 0 Å². The highest BCUT2D eigenvalue weighted by molar-refractivity contribution is 9.10. The molecule has 1 aromatic carbocycles. The van der Waals surface area contributed by atoms with Crippen LogP contribution in [-0.4, -0.2) is 21.3 Å². The van der Waals surface area contributed by atoms with Gasteiger partial charge in [-0.15, -0.1) is 0 Å². The Morgan fingerprint density at radius 2 is 2.24 bits per heavy atom. The Morgan fingerprint density at radius 3 is 2.94 bits per heavy atom. The third-order valence-corrected chi connectivity index (χ3v) is 3.01. The Hall–Kier alpha value is -1.20. The summed E-state index contributed by atoms with van der Waals surface area (Å²) in [6, 6.07) is 8.22. The van der Waals surface area contributed by atoms with Gasteiger partial charge in [-0.25, -0.2) is 4.98 Å². The summed E-state index contributed by atoms with van der Waals surface area (Å²) in [5.74, 6) is 1.78. The molecule has 0 saturated carbocycles. The van der Waals surface area contributed by atoms with Gasteiger partial charge in [0.2, 0.25) is 0 Å². The molecule has 0 aliphatic rings. The highest BCUT2D eigenvalue weighted by atomic mass is 79.9. The first kappa shape index (κ1) is 12.3. The van der Waals surface area contributed by atoms with Crippen LogP contribution < -0.4 is 5.73 Å². The molecule has 0 aliphatic heterocycles. The van der Waals surface area contributed by atoms with Gasteiger partial charge in [-0.3, -0.25) is 4.68 Å². The smallest absolute Gasteiger partial charge is 0.152 e. The molecule has 0 fully saturated rings. The molecule has 1 aromatic heterocycles. The summed E-state index contributed by atoms with van der Waals surface area (Å²) in [6.07, 6.45) is 1.51. The van der Waals surface area contributed by atoms with Gasteiger partial charge in [0.1, 0.15) is 5.82 Å². The predicted molar refractivity (Wildman–Crippen MR) is 70.7 cm³/mol. The van der Waals surface area contributed by atoms with Gasteiger partial charge < -0.3 is 5.73 Å². The number of halogens is 1. The standard InChI is InChI=1S/C12H15BrN4/c1-17-12(15-11(16-17)5-6-14)8-9-3-2-4-10(13)7-9/h2-4,7H,5-6,8,14H2,1H3. The van der Waals surface area contributed by atoms with Crippen molar-refractivity contribution >= 4 is 15.9 Å². The van der Waals surface area contributed by atoms with Crippen LogP contribution in [0.5, 0.6) is 0 Å². The van der Waals surface area contributed by atoms with E-state index >= 15 is 0 Å². The van der Waals surface area contributed by atoms with E-state index in [2.05, 4.69) is 38.1 Å². The molecule has 0 bridgehead atoms. The average Bonchev–Trinajstić information content (AvgIpc) is 2.60. The van der Waals surface area contributed by atoms with Crippen molar-refractivity contribution in [3.8, 4) is 0 Å². The summed E-state index contributed by atoms with van der Waals surface area (Å²) in [5.41, 5.74) is 6.71. The van der Waals surface area contributed by atoms with Crippen LogP contribution in [0.4, 0.5) is 0 Å². The van der Waals surface area contributed by atoms with Crippen LogP contribution in [0.1, 0.15) is 17.2 Å². The van der Waals surface area contributed by atoms with Gasteiger partial charge in [0.25, 0.3) is 0 Å². The molecule has 0 unspecified atom stereocenters. The molecule has 0 saturated heterocycles. The van der Waals surface area contributed by atoms with Crippen molar-refractivity contribution < 1.29 is 0 Å². The van der Waals surface area contributed by atoms with Crippen LogP contribution >= 0.6 is 15.9 Å². The molecule has 2 rings (SSSR count). The van der Waals surface area contributed by atoms with Gasteiger partial charge in [-0.1, -0.05) is 28.1 Å². The first-order chi connectivity index (χ1) is 8.19. The zero-order valence-electron chi connectivity index (χ0n) is 9.73. The van der Waals surface area contributed by atoms with Crippen LogP contribution in [0.25, 0.3) is 0 Å². The lowest BCUT2D eigenvalue weighted by atomic mass is 10.1. The maximum absolute atomic E-state index is 5.50. The monoisotopic (exact) mass is 294 g/mol. The highest BCUT2D eigenvalue weighted by Crippen LogP contribution is 2.14. The van der Waals surface area contributed by atoms with E-state index < -0.39 is 0 Å². The maximum Gasteiger partial charge on any atom is 0.152 e. The van der Waals surface area contributed by atoms with Gasteiger partial charge in [0.05, 0.1) is 0 Å². The van der Waals surface area contributed by atoms with E-state index in [0.29, 0.717) is 6.54 Å². The van der Waals surface area contributed by atoms with Crippen LogP contribution in [0, 0.1) is 0 Å². The highest BCUT2D eigenvalue weighted by Gasteiger charge is 2.07. The van der Waals surface area contributed by atoms with Crippen LogP contribution in [0.15, 0.2) is 28.7 Å². The number of nitrogens with zero attached hydrogens (tertiary/aromatic N) is 3. The lowest BCUT2D eigenvalue weighted by molar-refractivity contribution is 0.704. The van der Waals surface area contributed by atoms with E-state index in [1.165, 1.54) is 5.56 Å². The molecule has 0 radical (unpaired) electrons. The minimum absolute atomic E-state index is 0.584. The van der Waals surface area contributed by atoms with Crippen molar-refractivity contribution in [3.63, 3.8) is 0 Å². The number of aryl methyl sites for hydroxylation is 1. The Labute approximate surface area is 109 Å². The maximum atomic E-state index is 5.50. The summed E-state index contributed by atoms with van der Waals surface area (Å²) in [5, 5.41) is 4.33. The molecule has 2 N–H and O–H groups in total. The molecule has 4 nitrogen and oxygen atoms in total. The first-order valence-electron chi connectivity index (χ1n) is 5.52. The molecule has 0 spiro atoms. The van der Waals surface area contributed by atoms with Gasteiger partial charge in [0, 0.05) is 24.4 Å². The summed E-state index contributed by atoms with van der Waals surface area (Å²) in [4.78, 5) is 4.48. The van der Waals surface area contributed by atoms with Crippen LogP contribution in [-0.2, 0) is 19.9 Å². The first-order valence-corrected chi connectivity index (χ1v) is 6.31.